The zero-order valence-electron chi connectivity index (χ0n) is 22.9. The molecule has 1 atom stereocenters. The van der Waals surface area contributed by atoms with Gasteiger partial charge in [0.1, 0.15) is 30.6 Å². The molecule has 0 fully saturated rings. The molecule has 0 bridgehead atoms. The van der Waals surface area contributed by atoms with Gasteiger partial charge in [0.2, 0.25) is 0 Å². The fraction of sp³-hybridized carbons (Fsp3) is 0.250. The summed E-state index contributed by atoms with van der Waals surface area (Å²) in [6.07, 6.45) is -0.557. The van der Waals surface area contributed by atoms with Gasteiger partial charge in [-0.1, -0.05) is 67.6 Å². The molecule has 1 N–H and O–H groups in total. The molecule has 1 aromatic heterocycles. The van der Waals surface area contributed by atoms with Gasteiger partial charge in [0.05, 0.1) is 0 Å². The summed E-state index contributed by atoms with van der Waals surface area (Å²) >= 11 is 0. The number of fused-ring (bicyclic) bond motifs is 1. The van der Waals surface area contributed by atoms with Gasteiger partial charge in [-0.05, 0) is 48.1 Å². The average Bonchev–Trinajstić information content (AvgIpc) is 2.97. The highest BCUT2D eigenvalue weighted by Gasteiger charge is 2.26. The number of ether oxygens (including phenoxy) is 3. The summed E-state index contributed by atoms with van der Waals surface area (Å²) in [5, 5.41) is 3.24. The number of aryl methyl sites for hydroxylation is 2. The maximum atomic E-state index is 13.3. The fourth-order valence-electron chi connectivity index (χ4n) is 4.17. The summed E-state index contributed by atoms with van der Waals surface area (Å²) in [5.41, 5.74) is 2.78. The lowest BCUT2D eigenvalue weighted by atomic mass is 10.0. The van der Waals surface area contributed by atoms with Crippen molar-refractivity contribution in [1.29, 1.82) is 0 Å². The van der Waals surface area contributed by atoms with Crippen LogP contribution in [0.1, 0.15) is 42.0 Å². The maximum Gasteiger partial charge on any atom is 0.408 e. The molecule has 0 aliphatic carbocycles. The molecule has 0 radical (unpaired) electrons. The SMILES string of the molecule is CCc1cc2c(C)cc(=O)oc2cc1OC(=O)C(CCC(=O)OCc1ccccc1)NC(=O)OCc1ccccc1. The van der Waals surface area contributed by atoms with Crippen molar-refractivity contribution in [3.8, 4) is 5.75 Å². The van der Waals surface area contributed by atoms with E-state index >= 15 is 0 Å². The molecule has 1 unspecified atom stereocenters. The van der Waals surface area contributed by atoms with Gasteiger partial charge in [0.25, 0.3) is 0 Å². The number of nitrogens with one attached hydrogen (secondary N) is 1. The zero-order chi connectivity index (χ0) is 29.2. The van der Waals surface area contributed by atoms with Crippen LogP contribution in [0.3, 0.4) is 0 Å². The second kappa shape index (κ2) is 13.9. The molecule has 212 valence electrons. The van der Waals surface area contributed by atoms with E-state index in [1.807, 2.05) is 55.5 Å². The fourth-order valence-corrected chi connectivity index (χ4v) is 4.17. The van der Waals surface area contributed by atoms with Gasteiger partial charge in [-0.15, -0.1) is 0 Å². The number of hydrogen-bond acceptors (Lipinski definition) is 8. The van der Waals surface area contributed by atoms with Crippen molar-refractivity contribution in [3.05, 3.63) is 112 Å². The Labute approximate surface area is 237 Å². The quantitative estimate of drug-likeness (QED) is 0.148. The van der Waals surface area contributed by atoms with E-state index in [1.165, 1.54) is 12.1 Å². The Morgan fingerprint density at radius 3 is 2.15 bits per heavy atom. The molecule has 4 rings (SSSR count). The minimum Gasteiger partial charge on any atom is -0.461 e. The lowest BCUT2D eigenvalue weighted by molar-refractivity contribution is -0.145. The second-order valence-electron chi connectivity index (χ2n) is 9.42. The Hall–Kier alpha value is -4.92. The predicted octanol–water partition coefficient (Wildman–Crippen LogP) is 5.39. The lowest BCUT2D eigenvalue weighted by Gasteiger charge is -2.18. The molecule has 1 heterocycles. The van der Waals surface area contributed by atoms with Crippen LogP contribution in [-0.2, 0) is 38.7 Å². The van der Waals surface area contributed by atoms with Crippen LogP contribution in [0, 0.1) is 6.92 Å². The van der Waals surface area contributed by atoms with Crippen LogP contribution < -0.4 is 15.7 Å². The molecule has 9 heteroatoms. The highest BCUT2D eigenvalue weighted by molar-refractivity contribution is 5.87. The first kappa shape index (κ1) is 29.1. The Bertz CT molecular complexity index is 1560. The normalized spacial score (nSPS) is 11.5. The van der Waals surface area contributed by atoms with Crippen LogP contribution in [0.15, 0.2) is 88.1 Å². The van der Waals surface area contributed by atoms with Crippen LogP contribution in [0.5, 0.6) is 5.75 Å². The average molecular weight is 558 g/mol. The van der Waals surface area contributed by atoms with Crippen molar-refractivity contribution < 1.29 is 33.0 Å². The number of rotatable bonds is 11. The molecule has 0 aliphatic heterocycles. The third kappa shape index (κ3) is 8.28. The molecule has 0 aliphatic rings. The van der Waals surface area contributed by atoms with Crippen LogP contribution in [-0.4, -0.2) is 24.1 Å². The maximum absolute atomic E-state index is 13.3. The molecule has 0 saturated carbocycles. The smallest absolute Gasteiger partial charge is 0.408 e. The van der Waals surface area contributed by atoms with E-state index in [2.05, 4.69) is 5.32 Å². The summed E-state index contributed by atoms with van der Waals surface area (Å²) in [7, 11) is 0. The van der Waals surface area contributed by atoms with Crippen molar-refractivity contribution in [2.75, 3.05) is 0 Å². The van der Waals surface area contributed by atoms with E-state index in [0.29, 0.717) is 12.0 Å². The number of alkyl carbamates (subject to hydrolysis) is 1. The van der Waals surface area contributed by atoms with Crippen molar-refractivity contribution in [1.82, 2.24) is 5.32 Å². The molecule has 4 aromatic rings. The van der Waals surface area contributed by atoms with E-state index in [-0.39, 0.29) is 37.4 Å². The Morgan fingerprint density at radius 1 is 0.878 bits per heavy atom. The van der Waals surface area contributed by atoms with Gasteiger partial charge in [-0.2, -0.15) is 0 Å². The largest absolute Gasteiger partial charge is 0.461 e. The minimum absolute atomic E-state index is 0.00337. The lowest BCUT2D eigenvalue weighted by Crippen LogP contribution is -2.43. The van der Waals surface area contributed by atoms with Crippen molar-refractivity contribution in [3.63, 3.8) is 0 Å². The van der Waals surface area contributed by atoms with Crippen molar-refractivity contribution in [2.24, 2.45) is 0 Å². The number of esters is 2. The number of carbonyl (C=O) groups excluding carboxylic acids is 3. The predicted molar refractivity (Wildman–Crippen MR) is 151 cm³/mol. The van der Waals surface area contributed by atoms with Crippen LogP contribution in [0.25, 0.3) is 11.0 Å². The first-order chi connectivity index (χ1) is 19.8. The first-order valence-electron chi connectivity index (χ1n) is 13.3. The summed E-state index contributed by atoms with van der Waals surface area (Å²) in [5.74, 6) is -1.15. The van der Waals surface area contributed by atoms with Crippen LogP contribution in [0.4, 0.5) is 4.79 Å². The van der Waals surface area contributed by atoms with Crippen LogP contribution in [0.2, 0.25) is 0 Å². The summed E-state index contributed by atoms with van der Waals surface area (Å²) < 4.78 is 21.6. The van der Waals surface area contributed by atoms with Gasteiger partial charge < -0.3 is 23.9 Å². The molecule has 41 heavy (non-hydrogen) atoms. The van der Waals surface area contributed by atoms with E-state index in [4.69, 9.17) is 18.6 Å². The van der Waals surface area contributed by atoms with Crippen molar-refractivity contribution >= 4 is 29.0 Å². The van der Waals surface area contributed by atoms with Gasteiger partial charge in [0, 0.05) is 23.9 Å². The molecule has 1 amide bonds. The summed E-state index contributed by atoms with van der Waals surface area (Å²) in [6.45, 7) is 3.77. The van der Waals surface area contributed by atoms with Gasteiger partial charge in [-0.3, -0.25) is 4.79 Å². The van der Waals surface area contributed by atoms with E-state index in [0.717, 1.165) is 22.1 Å². The number of carbonyl (C=O) groups is 3. The standard InChI is InChI=1S/C32H31NO8/c1-3-24-17-25-21(2)16-30(35)40-28(25)18-27(24)41-31(36)26(33-32(37)39-20-23-12-8-5-9-13-23)14-15-29(34)38-19-22-10-6-4-7-11-22/h4-13,16-18,26H,3,14-15,19-20H2,1-2H3,(H,33,37). The molecule has 3 aromatic carbocycles. The van der Waals surface area contributed by atoms with Gasteiger partial charge in [0.15, 0.2) is 0 Å². The number of amides is 1. The Kier molecular flexibility index (Phi) is 9.88. The highest BCUT2D eigenvalue weighted by Crippen LogP contribution is 2.28. The van der Waals surface area contributed by atoms with Crippen LogP contribution >= 0.6 is 0 Å². The third-order valence-corrected chi connectivity index (χ3v) is 6.39. The van der Waals surface area contributed by atoms with E-state index in [1.54, 1.807) is 25.1 Å². The highest BCUT2D eigenvalue weighted by atomic mass is 16.6. The number of hydrogen-bond donors (Lipinski definition) is 1. The minimum atomic E-state index is -1.22. The number of benzene rings is 3. The molecule has 9 nitrogen and oxygen atoms in total. The van der Waals surface area contributed by atoms with Gasteiger partial charge >= 0.3 is 23.7 Å². The zero-order valence-corrected chi connectivity index (χ0v) is 22.9. The molecular weight excluding hydrogens is 526 g/mol. The summed E-state index contributed by atoms with van der Waals surface area (Å²) in [4.78, 5) is 50.3. The van der Waals surface area contributed by atoms with Crippen molar-refractivity contribution in [2.45, 2.75) is 52.4 Å². The summed E-state index contributed by atoms with van der Waals surface area (Å²) in [6, 6.07) is 21.7. The Balaban J connectivity index is 1.47. The monoisotopic (exact) mass is 557 g/mol. The van der Waals surface area contributed by atoms with Gasteiger partial charge in [-0.25, -0.2) is 14.4 Å². The first-order valence-corrected chi connectivity index (χ1v) is 13.3. The van der Waals surface area contributed by atoms with E-state index < -0.39 is 29.7 Å². The Morgan fingerprint density at radius 2 is 1.51 bits per heavy atom. The second-order valence-corrected chi connectivity index (χ2v) is 9.42. The molecular formula is C32H31NO8. The molecule has 0 spiro atoms. The van der Waals surface area contributed by atoms with E-state index in [9.17, 15) is 19.2 Å². The topological polar surface area (TPSA) is 121 Å². The molecule has 0 saturated heterocycles. The third-order valence-electron chi connectivity index (χ3n) is 6.39.